The van der Waals surface area contributed by atoms with Crippen LogP contribution in [-0.2, 0) is 16.0 Å². The molecule has 2 aromatic rings. The molecule has 41 heavy (non-hydrogen) atoms. The Kier molecular flexibility index (Phi) is 7.03. The molecular weight excluding hydrogens is 512 g/mol. The minimum Gasteiger partial charge on any atom is -0.469 e. The van der Waals surface area contributed by atoms with Gasteiger partial charge in [0, 0.05) is 93.5 Å². The number of ketones is 1. The lowest BCUT2D eigenvalue weighted by molar-refractivity contribution is -0.140. The van der Waals surface area contributed by atoms with Crippen LogP contribution in [0, 0.1) is 6.92 Å². The maximum absolute atomic E-state index is 13.5. The number of carbonyl (C=O) groups excluding carboxylic acids is 2. The average Bonchev–Trinajstić information content (AvgIpc) is 3.70. The Morgan fingerprint density at radius 2 is 1.59 bits per heavy atom. The second kappa shape index (κ2) is 10.4. The molecule has 0 aromatic carbocycles. The summed E-state index contributed by atoms with van der Waals surface area (Å²) in [4.78, 5) is 43.5. The number of aryl methyl sites for hydroxylation is 1. The van der Waals surface area contributed by atoms with E-state index in [2.05, 4.69) is 62.8 Å². The molecule has 4 unspecified atom stereocenters. The lowest BCUT2D eigenvalue weighted by Gasteiger charge is -2.17. The van der Waals surface area contributed by atoms with Crippen molar-refractivity contribution in [3.05, 3.63) is 69.1 Å². The van der Waals surface area contributed by atoms with Gasteiger partial charge in [0.15, 0.2) is 5.78 Å². The first kappa shape index (κ1) is 27.7. The molecule has 0 saturated heterocycles. The van der Waals surface area contributed by atoms with Crippen LogP contribution in [0.3, 0.4) is 0 Å². The maximum atomic E-state index is 13.5. The van der Waals surface area contributed by atoms with Crippen molar-refractivity contribution in [2.24, 2.45) is 0 Å². The predicted octanol–water partition coefficient (Wildman–Crippen LogP) is 7.52. The molecule has 2 aromatic heterocycles. The smallest absolute Gasteiger partial charge is 0.305 e. The van der Waals surface area contributed by atoms with E-state index in [-0.39, 0.29) is 23.6 Å². The highest BCUT2D eigenvalue weighted by atomic mass is 16.5. The highest BCUT2D eigenvalue weighted by Crippen LogP contribution is 2.46. The second-order valence-corrected chi connectivity index (χ2v) is 12.5. The van der Waals surface area contributed by atoms with Gasteiger partial charge in [0.1, 0.15) is 0 Å². The number of methoxy groups -OCH3 is 1. The highest BCUT2D eigenvalue weighted by Gasteiger charge is 2.37. The molecule has 1 aliphatic carbocycles. The van der Waals surface area contributed by atoms with Crippen LogP contribution in [0.4, 0.5) is 0 Å². The van der Waals surface area contributed by atoms with Crippen LogP contribution in [-0.4, -0.2) is 38.8 Å². The van der Waals surface area contributed by atoms with E-state index in [0.29, 0.717) is 42.9 Å². The number of carbonyl (C=O) groups is 2. The van der Waals surface area contributed by atoms with E-state index in [0.717, 1.165) is 63.3 Å². The van der Waals surface area contributed by atoms with Gasteiger partial charge in [0.2, 0.25) is 0 Å². The van der Waals surface area contributed by atoms with Gasteiger partial charge in [-0.05, 0) is 49.9 Å². The monoisotopic (exact) mass is 554 g/mol. The number of hydrogen-bond donors (Lipinski definition) is 2. The highest BCUT2D eigenvalue weighted by molar-refractivity contribution is 6.13. The number of esters is 1. The van der Waals surface area contributed by atoms with E-state index in [1.165, 1.54) is 18.5 Å². The topological polar surface area (TPSA) is 101 Å². The van der Waals surface area contributed by atoms with Crippen LogP contribution in [0.1, 0.15) is 151 Å². The number of nitrogens with zero attached hydrogens (tertiary/aromatic N) is 2. The van der Waals surface area contributed by atoms with Gasteiger partial charge in [-0.25, -0.2) is 0 Å². The molecule has 2 N–H and O–H groups in total. The minimum absolute atomic E-state index is 0.0244. The normalized spacial score (nSPS) is 25.9. The largest absolute Gasteiger partial charge is 0.469 e. The molecule has 0 radical (unpaired) electrons. The fraction of sp³-hybridized carbons (Fsp3) is 0.529. The summed E-state index contributed by atoms with van der Waals surface area (Å²) in [5.41, 5.74) is 11.1. The fourth-order valence-corrected chi connectivity index (χ4v) is 7.74. The Morgan fingerprint density at radius 1 is 0.902 bits per heavy atom. The zero-order chi connectivity index (χ0) is 29.2. The Morgan fingerprint density at radius 3 is 2.29 bits per heavy atom. The van der Waals surface area contributed by atoms with Crippen molar-refractivity contribution >= 4 is 22.8 Å². The second-order valence-electron chi connectivity index (χ2n) is 12.5. The average molecular weight is 555 g/mol. The summed E-state index contributed by atoms with van der Waals surface area (Å²) in [7, 11) is 1.43. The van der Waals surface area contributed by atoms with Crippen LogP contribution in [0.5, 0.6) is 0 Å². The lowest BCUT2D eigenvalue weighted by Crippen LogP contribution is -2.09. The Hall–Kier alpha value is -3.48. The van der Waals surface area contributed by atoms with E-state index in [4.69, 9.17) is 14.7 Å². The molecule has 0 amide bonds. The molecule has 0 fully saturated rings. The van der Waals surface area contributed by atoms with Crippen molar-refractivity contribution in [3.63, 3.8) is 0 Å². The lowest BCUT2D eigenvalue weighted by atomic mass is 9.84. The van der Waals surface area contributed by atoms with Crippen LogP contribution < -0.4 is 0 Å². The molecule has 7 nitrogen and oxygen atoms in total. The number of hydrogen-bond acceptors (Lipinski definition) is 5. The third-order valence-corrected chi connectivity index (χ3v) is 10.3. The molecule has 216 valence electrons. The number of ether oxygens (including phenoxy) is 1. The Bertz CT molecular complexity index is 1610. The van der Waals surface area contributed by atoms with Crippen molar-refractivity contribution in [1.29, 1.82) is 0 Å². The maximum Gasteiger partial charge on any atom is 0.305 e. The molecule has 4 aliphatic rings. The Labute approximate surface area is 242 Å². The number of H-pyrrole nitrogens is 2. The number of rotatable bonds is 5. The molecule has 3 aliphatic heterocycles. The third-order valence-electron chi connectivity index (χ3n) is 10.3. The van der Waals surface area contributed by atoms with Gasteiger partial charge < -0.3 is 14.7 Å². The first-order chi connectivity index (χ1) is 19.7. The van der Waals surface area contributed by atoms with E-state index in [1.807, 2.05) is 6.92 Å². The van der Waals surface area contributed by atoms with Gasteiger partial charge in [0.25, 0.3) is 0 Å². The van der Waals surface area contributed by atoms with Crippen molar-refractivity contribution in [2.45, 2.75) is 109 Å². The van der Waals surface area contributed by atoms with Gasteiger partial charge in [-0.15, -0.1) is 0 Å². The van der Waals surface area contributed by atoms with Crippen molar-refractivity contribution in [2.75, 3.05) is 7.11 Å². The summed E-state index contributed by atoms with van der Waals surface area (Å²) in [6.45, 7) is 13.3. The summed E-state index contributed by atoms with van der Waals surface area (Å²) in [6, 6.07) is 6.69. The molecule has 7 heteroatoms. The molecule has 5 heterocycles. The summed E-state index contributed by atoms with van der Waals surface area (Å²) in [5.74, 6) is 1.38. The number of nitrogens with one attached hydrogen (secondary N) is 2. The summed E-state index contributed by atoms with van der Waals surface area (Å²) < 4.78 is 4.98. The third kappa shape index (κ3) is 4.39. The summed E-state index contributed by atoms with van der Waals surface area (Å²) in [6.07, 6.45) is 3.31. The predicted molar refractivity (Wildman–Crippen MR) is 160 cm³/mol. The SMILES string of the molecule is CCC1c2cc3[nH]c4c(c5nc(cc6[nH]c(cc(n2)C1C)C(CC)C6C)[C@@H](C)[C@@H]5CCC(=O)OC)CC(=O)c4c3C. The minimum atomic E-state index is -0.220. The van der Waals surface area contributed by atoms with Gasteiger partial charge in [-0.1, -0.05) is 34.6 Å². The Balaban J connectivity index is 1.68. The van der Waals surface area contributed by atoms with Gasteiger partial charge in [-0.2, -0.15) is 0 Å². The molecule has 6 atom stereocenters. The van der Waals surface area contributed by atoms with Gasteiger partial charge >= 0.3 is 5.97 Å². The van der Waals surface area contributed by atoms with Crippen molar-refractivity contribution in [1.82, 2.24) is 19.9 Å². The van der Waals surface area contributed by atoms with E-state index < -0.39 is 0 Å². The molecule has 6 rings (SSSR count). The van der Waals surface area contributed by atoms with Gasteiger partial charge in [0.05, 0.1) is 18.3 Å². The van der Waals surface area contributed by atoms with Crippen LogP contribution >= 0.6 is 0 Å². The molecule has 0 saturated carbocycles. The van der Waals surface area contributed by atoms with Crippen molar-refractivity contribution in [3.8, 4) is 0 Å². The van der Waals surface area contributed by atoms with Crippen LogP contribution in [0.25, 0.3) is 11.0 Å². The molecular formula is C34H42N4O3. The van der Waals surface area contributed by atoms with Crippen LogP contribution in [0.2, 0.25) is 0 Å². The zero-order valence-corrected chi connectivity index (χ0v) is 25.4. The van der Waals surface area contributed by atoms with Crippen LogP contribution in [0.15, 0.2) is 18.2 Å². The number of Topliss-reactive ketones (excluding diaryl/α,β-unsaturated/α-hetero) is 1. The molecule has 8 bridgehead atoms. The van der Waals surface area contributed by atoms with E-state index in [1.54, 1.807) is 0 Å². The van der Waals surface area contributed by atoms with E-state index in [9.17, 15) is 9.59 Å². The van der Waals surface area contributed by atoms with E-state index >= 15 is 0 Å². The first-order valence-electron chi connectivity index (χ1n) is 15.3. The first-order valence-corrected chi connectivity index (χ1v) is 15.3. The van der Waals surface area contributed by atoms with Crippen molar-refractivity contribution < 1.29 is 14.3 Å². The summed E-state index contributed by atoms with van der Waals surface area (Å²) >= 11 is 0. The number of aromatic amines is 2. The quantitative estimate of drug-likeness (QED) is 0.372. The molecule has 0 spiro atoms. The zero-order valence-electron chi connectivity index (χ0n) is 25.4. The summed E-state index contributed by atoms with van der Waals surface area (Å²) in [5, 5.41) is 0. The van der Waals surface area contributed by atoms with Gasteiger partial charge in [-0.3, -0.25) is 19.6 Å². The standard InChI is InChI=1S/C34H42N4O3/c1-8-20-16(3)24-13-26-18(5)22(10-11-31(40)41-7)33(37-26)23-12-30(39)32-19(6)27(38-34(23)32)15-29-21(9-2)17(4)25(36-29)14-28(20)35-24/h13-18,20-22,35,38H,8-12H2,1-7H3/t16?,17?,18-,20?,21?,22-/m0/s1. The number of fused-ring (bicyclic) bond motifs is 8. The number of aromatic nitrogens is 4. The fourth-order valence-electron chi connectivity index (χ4n) is 7.74.